The van der Waals surface area contributed by atoms with Crippen LogP contribution in [0, 0.1) is 5.92 Å². The number of primary amides is 1. The van der Waals surface area contributed by atoms with E-state index in [4.69, 9.17) is 5.73 Å². The molecule has 2 aliphatic rings. The average molecular weight is 471 g/mol. The Balaban J connectivity index is 1.47. The molecule has 0 spiro atoms. The third kappa shape index (κ3) is 4.21. The van der Waals surface area contributed by atoms with E-state index in [2.05, 4.69) is 31.1 Å². The van der Waals surface area contributed by atoms with Crippen LogP contribution in [0.25, 0.3) is 0 Å². The van der Waals surface area contributed by atoms with Crippen LogP contribution in [0.15, 0.2) is 47.1 Å². The van der Waals surface area contributed by atoms with Gasteiger partial charge in [-0.1, -0.05) is 40.9 Å². The molecule has 158 valence electrons. The molecule has 1 aromatic carbocycles. The van der Waals surface area contributed by atoms with E-state index >= 15 is 0 Å². The summed E-state index contributed by atoms with van der Waals surface area (Å²) in [5.41, 5.74) is 6.75. The molecule has 30 heavy (non-hydrogen) atoms. The number of hydrogen-bond acceptors (Lipinski definition) is 4. The van der Waals surface area contributed by atoms with Crippen LogP contribution in [0.3, 0.4) is 0 Å². The number of nitrogens with one attached hydrogen (secondary N) is 1. The lowest BCUT2D eigenvalue weighted by Crippen LogP contribution is -2.41. The Labute approximate surface area is 185 Å². The maximum atomic E-state index is 13.3. The minimum absolute atomic E-state index is 0.0311. The van der Waals surface area contributed by atoms with Gasteiger partial charge in [0.15, 0.2) is 0 Å². The molecule has 1 saturated carbocycles. The van der Waals surface area contributed by atoms with Gasteiger partial charge in [0.05, 0.1) is 23.2 Å². The van der Waals surface area contributed by atoms with Gasteiger partial charge < -0.3 is 16.0 Å². The number of hydrogen-bond donors (Lipinski definition) is 2. The molecule has 1 atom stereocenters. The Morgan fingerprint density at radius 1 is 1.10 bits per heavy atom. The lowest BCUT2D eigenvalue weighted by molar-refractivity contribution is -0.122. The molecule has 1 saturated heterocycles. The molecule has 1 unspecified atom stereocenters. The van der Waals surface area contributed by atoms with Crippen LogP contribution in [0.1, 0.15) is 44.1 Å². The highest BCUT2D eigenvalue weighted by atomic mass is 79.9. The van der Waals surface area contributed by atoms with Crippen LogP contribution < -0.4 is 16.0 Å². The van der Waals surface area contributed by atoms with E-state index in [-0.39, 0.29) is 17.7 Å². The largest absolute Gasteiger partial charge is 0.369 e. The molecule has 0 radical (unpaired) electrons. The molecule has 2 aromatic rings. The second kappa shape index (κ2) is 8.76. The number of benzene rings is 1. The molecular weight excluding hydrogens is 444 g/mol. The van der Waals surface area contributed by atoms with E-state index in [1.807, 2.05) is 36.4 Å². The maximum absolute atomic E-state index is 13.3. The summed E-state index contributed by atoms with van der Waals surface area (Å²) < 4.78 is 1.01. The van der Waals surface area contributed by atoms with E-state index in [0.717, 1.165) is 60.9 Å². The zero-order valence-electron chi connectivity index (χ0n) is 16.9. The molecule has 1 aliphatic carbocycles. The topological polar surface area (TPSA) is 88.3 Å². The first-order valence-electron chi connectivity index (χ1n) is 10.6. The number of halogens is 1. The number of carbonyl (C=O) groups is 2. The Morgan fingerprint density at radius 3 is 2.47 bits per heavy atom. The Kier molecular flexibility index (Phi) is 6.09. The lowest BCUT2D eigenvalue weighted by atomic mass is 9.78. The number of piperidine rings is 1. The van der Waals surface area contributed by atoms with Gasteiger partial charge in [0, 0.05) is 17.6 Å². The van der Waals surface area contributed by atoms with E-state index in [9.17, 15) is 9.59 Å². The van der Waals surface area contributed by atoms with Gasteiger partial charge in [-0.15, -0.1) is 0 Å². The number of anilines is 2. The Bertz CT molecular complexity index is 908. The number of nitrogens with two attached hydrogens (primary N) is 1. The van der Waals surface area contributed by atoms with Crippen LogP contribution >= 0.6 is 15.9 Å². The van der Waals surface area contributed by atoms with Gasteiger partial charge in [-0.05, 0) is 55.5 Å². The zero-order valence-corrected chi connectivity index (χ0v) is 18.5. The first-order chi connectivity index (χ1) is 14.5. The van der Waals surface area contributed by atoms with Crippen molar-refractivity contribution in [1.29, 1.82) is 0 Å². The van der Waals surface area contributed by atoms with Gasteiger partial charge >= 0.3 is 0 Å². The fourth-order valence-corrected chi connectivity index (χ4v) is 4.97. The number of pyridine rings is 1. The van der Waals surface area contributed by atoms with Crippen molar-refractivity contribution < 1.29 is 9.59 Å². The fraction of sp³-hybridized carbons (Fsp3) is 0.435. The maximum Gasteiger partial charge on any atom is 0.235 e. The fourth-order valence-electron chi connectivity index (χ4n) is 4.71. The molecule has 3 N–H and O–H groups in total. The second-order valence-electron chi connectivity index (χ2n) is 8.34. The van der Waals surface area contributed by atoms with Crippen molar-refractivity contribution in [2.24, 2.45) is 11.7 Å². The number of rotatable bonds is 5. The van der Waals surface area contributed by atoms with Crippen molar-refractivity contribution in [1.82, 2.24) is 4.98 Å². The van der Waals surface area contributed by atoms with E-state index in [0.29, 0.717) is 12.2 Å². The van der Waals surface area contributed by atoms with Gasteiger partial charge in [-0.2, -0.15) is 0 Å². The molecule has 2 amide bonds. The van der Waals surface area contributed by atoms with Crippen molar-refractivity contribution in [2.75, 3.05) is 23.3 Å². The minimum Gasteiger partial charge on any atom is -0.369 e. The van der Waals surface area contributed by atoms with Crippen LogP contribution in [-0.4, -0.2) is 29.9 Å². The monoisotopic (exact) mass is 470 g/mol. The number of nitrogens with zero attached hydrogens (tertiary/aromatic N) is 2. The predicted molar refractivity (Wildman–Crippen MR) is 121 cm³/mol. The summed E-state index contributed by atoms with van der Waals surface area (Å²) in [5.74, 6) is 0.456. The first-order valence-corrected chi connectivity index (χ1v) is 11.3. The molecule has 1 aliphatic heterocycles. The van der Waals surface area contributed by atoms with Crippen molar-refractivity contribution in [2.45, 2.75) is 43.9 Å². The highest BCUT2D eigenvalue weighted by Crippen LogP contribution is 2.42. The number of amides is 2. The third-order valence-electron chi connectivity index (χ3n) is 6.44. The Morgan fingerprint density at radius 2 is 1.83 bits per heavy atom. The third-order valence-corrected chi connectivity index (χ3v) is 6.97. The summed E-state index contributed by atoms with van der Waals surface area (Å²) in [4.78, 5) is 31.5. The molecule has 7 heteroatoms. The zero-order chi connectivity index (χ0) is 21.1. The molecule has 2 heterocycles. The summed E-state index contributed by atoms with van der Waals surface area (Å²) >= 11 is 3.48. The first kappa shape index (κ1) is 20.8. The normalized spacial score (nSPS) is 20.7. The summed E-state index contributed by atoms with van der Waals surface area (Å²) in [6.07, 6.45) is 7.27. The van der Waals surface area contributed by atoms with E-state index in [1.54, 1.807) is 6.20 Å². The number of aromatic nitrogens is 1. The molecule has 4 rings (SSSR count). The van der Waals surface area contributed by atoms with Crippen molar-refractivity contribution in [3.05, 3.63) is 52.6 Å². The molecule has 2 fully saturated rings. The van der Waals surface area contributed by atoms with Gasteiger partial charge in [0.1, 0.15) is 5.82 Å². The molecular formula is C23H27BrN4O2. The van der Waals surface area contributed by atoms with E-state index < -0.39 is 5.41 Å². The number of carbonyl (C=O) groups excluding carboxylic acids is 2. The lowest BCUT2D eigenvalue weighted by Gasteiger charge is -2.32. The van der Waals surface area contributed by atoms with Crippen LogP contribution in [0.5, 0.6) is 0 Å². The summed E-state index contributed by atoms with van der Waals surface area (Å²) in [5, 5.41) is 3.09. The van der Waals surface area contributed by atoms with Crippen LogP contribution in [0.2, 0.25) is 0 Å². The summed E-state index contributed by atoms with van der Waals surface area (Å²) in [7, 11) is 0. The van der Waals surface area contributed by atoms with Gasteiger partial charge in [0.2, 0.25) is 11.8 Å². The highest BCUT2D eigenvalue weighted by Gasteiger charge is 2.42. The predicted octanol–water partition coefficient (Wildman–Crippen LogP) is 4.00. The molecule has 6 nitrogen and oxygen atoms in total. The standard InChI is InChI=1S/C23H27BrN4O2/c24-18-7-5-17(6-8-18)23(11-1-2-12-23)22(30)27-19-9-10-20(26-14-19)28-13-3-4-16(15-28)21(25)29/h5-10,14,16H,1-4,11-13,15H2,(H2,25,29)(H,27,30). The average Bonchev–Trinajstić information content (AvgIpc) is 3.26. The molecule has 0 bridgehead atoms. The Hall–Kier alpha value is -2.41. The summed E-state index contributed by atoms with van der Waals surface area (Å²) in [6, 6.07) is 11.9. The quantitative estimate of drug-likeness (QED) is 0.690. The highest BCUT2D eigenvalue weighted by molar-refractivity contribution is 9.10. The minimum atomic E-state index is -0.485. The SMILES string of the molecule is NC(=O)C1CCCN(c2ccc(NC(=O)C3(c4ccc(Br)cc4)CCCC3)cn2)C1. The van der Waals surface area contributed by atoms with Gasteiger partial charge in [0.25, 0.3) is 0 Å². The van der Waals surface area contributed by atoms with Gasteiger partial charge in [-0.3, -0.25) is 9.59 Å². The van der Waals surface area contributed by atoms with Crippen LogP contribution in [-0.2, 0) is 15.0 Å². The van der Waals surface area contributed by atoms with Crippen molar-refractivity contribution in [3.63, 3.8) is 0 Å². The summed E-state index contributed by atoms with van der Waals surface area (Å²) in [6.45, 7) is 1.45. The molecule has 1 aromatic heterocycles. The van der Waals surface area contributed by atoms with Crippen molar-refractivity contribution in [3.8, 4) is 0 Å². The smallest absolute Gasteiger partial charge is 0.235 e. The van der Waals surface area contributed by atoms with Gasteiger partial charge in [-0.25, -0.2) is 4.98 Å². The second-order valence-corrected chi connectivity index (χ2v) is 9.26. The van der Waals surface area contributed by atoms with Crippen molar-refractivity contribution >= 4 is 39.2 Å². The van der Waals surface area contributed by atoms with E-state index in [1.165, 1.54) is 0 Å². The van der Waals surface area contributed by atoms with Crippen LogP contribution in [0.4, 0.5) is 11.5 Å².